The van der Waals surface area contributed by atoms with E-state index in [2.05, 4.69) is 130 Å². The summed E-state index contributed by atoms with van der Waals surface area (Å²) in [5, 5.41) is 5.60. The van der Waals surface area contributed by atoms with Gasteiger partial charge in [-0.2, -0.15) is 11.1 Å². The van der Waals surface area contributed by atoms with Gasteiger partial charge in [0.15, 0.2) is 0 Å². The molecular weight excluding hydrogens is 528 g/mol. The third kappa shape index (κ3) is 5.92. The molecule has 0 saturated heterocycles. The van der Waals surface area contributed by atoms with E-state index in [1.807, 2.05) is 0 Å². The third-order valence-electron chi connectivity index (χ3n) is 8.16. The van der Waals surface area contributed by atoms with Crippen molar-refractivity contribution in [3.63, 3.8) is 0 Å². The molecule has 0 aromatic heterocycles. The van der Waals surface area contributed by atoms with Crippen LogP contribution < -0.4 is 0 Å². The maximum absolute atomic E-state index is 2.47. The Morgan fingerprint density at radius 3 is 1.29 bits per heavy atom. The Morgan fingerprint density at radius 2 is 0.927 bits per heavy atom. The van der Waals surface area contributed by atoms with Gasteiger partial charge in [-0.15, -0.1) is 69.1 Å². The molecule has 0 unspecified atom stereocenters. The first kappa shape index (κ1) is 32.3. The third-order valence-corrected chi connectivity index (χ3v) is 8.16. The minimum absolute atomic E-state index is 0. The molecule has 0 nitrogen and oxygen atoms in total. The SMILES string of the molecule is CCCc1[cH-]c2cccc(-c3ccccc3)c2c1C(C)c1c(CCC)[cH-]c2cccc(-c3ccccc3)c12.[CH3-].[CH3-].[Ti+4]. The topological polar surface area (TPSA) is 0 Å². The van der Waals surface area contributed by atoms with Crippen molar-refractivity contribution in [1.82, 2.24) is 0 Å². The number of hydrogen-bond acceptors (Lipinski definition) is 0. The van der Waals surface area contributed by atoms with E-state index in [-0.39, 0.29) is 36.6 Å². The molecule has 0 bridgehead atoms. The summed E-state index contributed by atoms with van der Waals surface area (Å²) in [5.74, 6) is 0.294. The Labute approximate surface area is 263 Å². The second-order valence-electron chi connectivity index (χ2n) is 10.7. The standard InChI is InChI=1S/C38H36.2CH3.Ti/c1-4-14-29-24-31-20-12-22-33(27-16-8-6-9-17-27)37(31)35(29)26(3)36-30(15-5-2)25-32-21-13-23-34(38(32)36)28-18-10-7-11-19-28;;;/h6-13,16-26H,4-5,14-15H2,1-3H3;2*1H3;/q-2;2*-1;+4. The molecule has 41 heavy (non-hydrogen) atoms. The molecule has 0 saturated carbocycles. The molecule has 0 atom stereocenters. The van der Waals surface area contributed by atoms with Crippen LogP contribution in [0.3, 0.4) is 0 Å². The summed E-state index contributed by atoms with van der Waals surface area (Å²) >= 11 is 0. The van der Waals surface area contributed by atoms with E-state index in [0.29, 0.717) is 5.92 Å². The molecular formula is C40H42Ti. The van der Waals surface area contributed by atoms with Crippen LogP contribution in [0.2, 0.25) is 0 Å². The fourth-order valence-corrected chi connectivity index (χ4v) is 6.64. The van der Waals surface area contributed by atoms with E-state index < -0.39 is 0 Å². The number of hydrogen-bond donors (Lipinski definition) is 0. The van der Waals surface area contributed by atoms with Crippen molar-refractivity contribution >= 4 is 21.5 Å². The second kappa shape index (κ2) is 14.1. The molecule has 206 valence electrons. The minimum atomic E-state index is 0. The van der Waals surface area contributed by atoms with Crippen molar-refractivity contribution in [1.29, 1.82) is 0 Å². The summed E-state index contributed by atoms with van der Waals surface area (Å²) < 4.78 is 0. The summed E-state index contributed by atoms with van der Waals surface area (Å²) in [6, 6.07) is 40.5. The molecule has 0 spiro atoms. The molecule has 6 rings (SSSR count). The van der Waals surface area contributed by atoms with E-state index in [9.17, 15) is 0 Å². The number of benzene rings is 4. The van der Waals surface area contributed by atoms with Crippen LogP contribution in [0.15, 0.2) is 109 Å². The zero-order chi connectivity index (χ0) is 26.1. The second-order valence-corrected chi connectivity index (χ2v) is 10.7. The largest absolute Gasteiger partial charge is 4.00 e. The van der Waals surface area contributed by atoms with Gasteiger partial charge >= 0.3 is 21.7 Å². The maximum Gasteiger partial charge on any atom is 4.00 e. The van der Waals surface area contributed by atoms with Crippen LogP contribution in [0, 0.1) is 14.9 Å². The van der Waals surface area contributed by atoms with Gasteiger partial charge in [0.1, 0.15) is 0 Å². The Morgan fingerprint density at radius 1 is 0.537 bits per heavy atom. The molecule has 6 aromatic carbocycles. The van der Waals surface area contributed by atoms with Crippen molar-refractivity contribution in [2.24, 2.45) is 0 Å². The Balaban J connectivity index is 0.00000154. The van der Waals surface area contributed by atoms with Crippen LogP contribution in [0.1, 0.15) is 61.8 Å². The van der Waals surface area contributed by atoms with Crippen LogP contribution >= 0.6 is 0 Å². The van der Waals surface area contributed by atoms with Gasteiger partial charge in [0.05, 0.1) is 0 Å². The molecule has 0 heterocycles. The van der Waals surface area contributed by atoms with Crippen LogP contribution in [0.4, 0.5) is 0 Å². The van der Waals surface area contributed by atoms with Gasteiger partial charge in [-0.25, -0.2) is 0 Å². The van der Waals surface area contributed by atoms with Gasteiger partial charge < -0.3 is 14.9 Å². The molecule has 0 N–H and O–H groups in total. The molecule has 0 aliphatic heterocycles. The average molecular weight is 571 g/mol. The van der Waals surface area contributed by atoms with Crippen molar-refractivity contribution in [3.8, 4) is 22.3 Å². The quantitative estimate of drug-likeness (QED) is 0.126. The van der Waals surface area contributed by atoms with Crippen molar-refractivity contribution < 1.29 is 21.7 Å². The van der Waals surface area contributed by atoms with Gasteiger partial charge in [0.2, 0.25) is 0 Å². The van der Waals surface area contributed by atoms with Crippen molar-refractivity contribution in [3.05, 3.63) is 146 Å². The summed E-state index contributed by atoms with van der Waals surface area (Å²) in [4.78, 5) is 0. The normalized spacial score (nSPS) is 10.8. The van der Waals surface area contributed by atoms with E-state index in [1.54, 1.807) is 0 Å². The first-order valence-corrected chi connectivity index (χ1v) is 14.2. The van der Waals surface area contributed by atoms with E-state index in [4.69, 9.17) is 0 Å². The predicted octanol–water partition coefficient (Wildman–Crippen LogP) is 11.7. The Bertz CT molecular complexity index is 1550. The van der Waals surface area contributed by atoms with Gasteiger partial charge in [-0.05, 0) is 24.0 Å². The van der Waals surface area contributed by atoms with Crippen LogP contribution in [0.5, 0.6) is 0 Å². The monoisotopic (exact) mass is 570 g/mol. The smallest absolute Gasteiger partial charge is 0.358 e. The maximum atomic E-state index is 2.47. The fraction of sp³-hybridized carbons (Fsp3) is 0.200. The number of aryl methyl sites for hydroxylation is 2. The van der Waals surface area contributed by atoms with Gasteiger partial charge in [-0.3, -0.25) is 0 Å². The average Bonchev–Trinajstić information content (AvgIpc) is 3.52. The molecule has 0 aliphatic carbocycles. The number of fused-ring (bicyclic) bond motifs is 2. The summed E-state index contributed by atoms with van der Waals surface area (Å²) in [5.41, 5.74) is 11.4. The van der Waals surface area contributed by atoms with Crippen LogP contribution in [-0.2, 0) is 34.6 Å². The molecule has 0 fully saturated rings. The zero-order valence-corrected chi connectivity index (χ0v) is 26.9. The van der Waals surface area contributed by atoms with Gasteiger partial charge in [-0.1, -0.05) is 123 Å². The fourth-order valence-electron chi connectivity index (χ4n) is 6.64. The van der Waals surface area contributed by atoms with Crippen LogP contribution in [0.25, 0.3) is 43.8 Å². The minimum Gasteiger partial charge on any atom is -0.358 e. The van der Waals surface area contributed by atoms with E-state index >= 15 is 0 Å². The van der Waals surface area contributed by atoms with Gasteiger partial charge in [0.25, 0.3) is 0 Å². The molecule has 6 aromatic rings. The van der Waals surface area contributed by atoms with E-state index in [0.717, 1.165) is 25.7 Å². The molecule has 0 radical (unpaired) electrons. The Kier molecular flexibility index (Phi) is 11.1. The zero-order valence-electron chi connectivity index (χ0n) is 25.3. The van der Waals surface area contributed by atoms with Crippen LogP contribution in [-0.4, -0.2) is 0 Å². The summed E-state index contributed by atoms with van der Waals surface area (Å²) in [6.07, 6.45) is 4.51. The molecule has 0 amide bonds. The molecule has 1 heteroatoms. The summed E-state index contributed by atoms with van der Waals surface area (Å²) in [6.45, 7) is 7.07. The van der Waals surface area contributed by atoms with E-state index in [1.165, 1.54) is 66.1 Å². The first-order chi connectivity index (χ1) is 18.7. The summed E-state index contributed by atoms with van der Waals surface area (Å²) in [7, 11) is 0. The Hall–Kier alpha value is -3.19. The first-order valence-electron chi connectivity index (χ1n) is 14.2. The molecule has 0 aliphatic rings. The number of rotatable bonds is 8. The van der Waals surface area contributed by atoms with Crippen molar-refractivity contribution in [2.75, 3.05) is 0 Å². The van der Waals surface area contributed by atoms with Gasteiger partial charge in [0, 0.05) is 0 Å². The van der Waals surface area contributed by atoms with Crippen molar-refractivity contribution in [2.45, 2.75) is 52.4 Å². The predicted molar refractivity (Wildman–Crippen MR) is 178 cm³/mol.